The van der Waals surface area contributed by atoms with Gasteiger partial charge in [0.05, 0.1) is 10.8 Å². The minimum Gasteiger partial charge on any atom is -0.481 e. The highest BCUT2D eigenvalue weighted by Crippen LogP contribution is 2.54. The van der Waals surface area contributed by atoms with Crippen LogP contribution in [0.25, 0.3) is 0 Å². The average molecular weight is 638 g/mol. The molecule has 1 atom stereocenters. The van der Waals surface area contributed by atoms with E-state index in [4.69, 9.17) is 0 Å². The van der Waals surface area contributed by atoms with Gasteiger partial charge in [0.2, 0.25) is 5.91 Å². The molecule has 6 nitrogen and oxygen atoms in total. The van der Waals surface area contributed by atoms with Crippen molar-refractivity contribution in [3.63, 3.8) is 0 Å². The van der Waals surface area contributed by atoms with Gasteiger partial charge >= 0.3 is 24.0 Å². The van der Waals surface area contributed by atoms with Gasteiger partial charge in [0.25, 0.3) is 0 Å². The molecule has 2 aromatic carbocycles. The molecule has 14 heteroatoms. The average Bonchev–Trinajstić information content (AvgIpc) is 3.43. The predicted octanol–water partition coefficient (Wildman–Crippen LogP) is 6.33. The molecule has 1 saturated heterocycles. The molecule has 1 heterocycles. The van der Waals surface area contributed by atoms with Gasteiger partial charge in [-0.1, -0.05) is 43.3 Å². The van der Waals surface area contributed by atoms with E-state index in [1.807, 2.05) is 0 Å². The van der Waals surface area contributed by atoms with Crippen molar-refractivity contribution in [1.29, 1.82) is 0 Å². The monoisotopic (exact) mass is 637 g/mol. The van der Waals surface area contributed by atoms with Gasteiger partial charge in [0, 0.05) is 24.6 Å². The molecule has 2 fully saturated rings. The molecule has 2 aliphatic rings. The zero-order valence-corrected chi connectivity index (χ0v) is 23.8. The summed E-state index contributed by atoms with van der Waals surface area (Å²) in [4.78, 5) is 25.9. The quantitative estimate of drug-likeness (QED) is 0.359. The number of amides is 1. The Balaban J connectivity index is 1.76. The number of carboxylic acid groups (broad SMARTS) is 1. The smallest absolute Gasteiger partial charge is 0.435 e. The zero-order chi connectivity index (χ0) is 32.0. The number of aliphatic carboxylic acids is 1. The number of aryl methyl sites for hydroxylation is 1. The lowest BCUT2D eigenvalue weighted by atomic mass is 9.81. The summed E-state index contributed by atoms with van der Waals surface area (Å²) < 4.78 is 121. The van der Waals surface area contributed by atoms with Crippen LogP contribution in [0.5, 0.6) is 0 Å². The summed E-state index contributed by atoms with van der Waals surface area (Å²) >= 11 is 0. The van der Waals surface area contributed by atoms with Gasteiger partial charge in [-0.2, -0.15) is 26.3 Å². The zero-order valence-electron chi connectivity index (χ0n) is 23.0. The second-order valence-electron chi connectivity index (χ2n) is 11.1. The Labute approximate surface area is 243 Å². The molecule has 43 heavy (non-hydrogen) atoms. The number of likely N-dealkylation sites (tertiary alicyclic amines) is 1. The first-order chi connectivity index (χ1) is 19.9. The number of carbonyl (C=O) groups excluding carboxylic acids is 1. The van der Waals surface area contributed by atoms with Crippen molar-refractivity contribution in [2.45, 2.75) is 73.1 Å². The lowest BCUT2D eigenvalue weighted by molar-refractivity contribution is -0.348. The third-order valence-electron chi connectivity index (χ3n) is 8.69. The van der Waals surface area contributed by atoms with Crippen LogP contribution in [0.3, 0.4) is 0 Å². The molecule has 0 bridgehead atoms. The van der Waals surface area contributed by atoms with Crippen LogP contribution in [-0.4, -0.2) is 55.7 Å². The fourth-order valence-corrected chi connectivity index (χ4v) is 8.22. The highest BCUT2D eigenvalue weighted by molar-refractivity contribution is 7.92. The van der Waals surface area contributed by atoms with Gasteiger partial charge in [0.1, 0.15) is 4.75 Å². The van der Waals surface area contributed by atoms with Gasteiger partial charge < -0.3 is 10.0 Å². The fourth-order valence-electron chi connectivity index (χ4n) is 6.08. The second-order valence-corrected chi connectivity index (χ2v) is 13.4. The van der Waals surface area contributed by atoms with E-state index in [1.54, 1.807) is 13.0 Å². The van der Waals surface area contributed by atoms with E-state index in [0.29, 0.717) is 12.0 Å². The molecular weight excluding hydrogens is 607 g/mol. The number of alkyl halides is 7. The molecule has 0 aromatic heterocycles. The number of halogens is 7. The molecule has 1 aliphatic carbocycles. The van der Waals surface area contributed by atoms with Crippen molar-refractivity contribution in [3.05, 3.63) is 65.2 Å². The maximum atomic E-state index is 14.7. The van der Waals surface area contributed by atoms with Crippen molar-refractivity contribution in [2.75, 3.05) is 13.1 Å². The van der Waals surface area contributed by atoms with E-state index in [1.165, 1.54) is 23.1 Å². The van der Waals surface area contributed by atoms with Crippen molar-refractivity contribution in [2.24, 2.45) is 11.8 Å². The summed E-state index contributed by atoms with van der Waals surface area (Å²) in [7, 11) is -4.42. The Bertz CT molecular complexity index is 1450. The fraction of sp³-hybridized carbons (Fsp3) is 0.517. The topological polar surface area (TPSA) is 91.8 Å². The predicted molar refractivity (Wildman–Crippen MR) is 140 cm³/mol. The van der Waals surface area contributed by atoms with Crippen LogP contribution >= 0.6 is 0 Å². The third-order valence-corrected chi connectivity index (χ3v) is 11.2. The van der Waals surface area contributed by atoms with E-state index in [-0.39, 0.29) is 61.2 Å². The Kier molecular flexibility index (Phi) is 8.68. The minimum atomic E-state index is -6.34. The van der Waals surface area contributed by atoms with Gasteiger partial charge in [-0.3, -0.25) is 9.59 Å². The molecule has 236 valence electrons. The summed E-state index contributed by atoms with van der Waals surface area (Å²) in [5.74, 6) is -2.53. The van der Waals surface area contributed by atoms with Crippen molar-refractivity contribution >= 4 is 21.7 Å². The van der Waals surface area contributed by atoms with Crippen LogP contribution < -0.4 is 0 Å². The summed E-state index contributed by atoms with van der Waals surface area (Å²) in [5, 5.41) is 9.25. The van der Waals surface area contributed by atoms with Gasteiger partial charge in [0.15, 0.2) is 9.84 Å². The molecule has 2 aromatic rings. The third kappa shape index (κ3) is 5.62. The van der Waals surface area contributed by atoms with Crippen LogP contribution in [0.2, 0.25) is 0 Å². The van der Waals surface area contributed by atoms with Crippen LogP contribution in [-0.2, 0) is 36.3 Å². The SMILES string of the molecule is CCc1cccc(S(=O)(=O)C2(c3ccc(C(F)(C(F)(F)F)C(F)(F)F)cc3)CCN(C(=O)C3CCC(C(=O)O)CC3)C2)c1. The Morgan fingerprint density at radius 2 is 1.47 bits per heavy atom. The van der Waals surface area contributed by atoms with Crippen LogP contribution in [0.4, 0.5) is 30.7 Å². The summed E-state index contributed by atoms with van der Waals surface area (Å²) in [5.41, 5.74) is -6.97. The standard InChI is InChI=1S/C29H30F7NO5S/c1-2-18-4-3-5-23(16-18)43(41,42)26(14-15-37(17-26)24(38)19-6-8-20(9-7-19)25(39)40)21-10-12-22(13-11-21)27(30,28(31,32)33)29(34,35)36/h3-5,10-13,16,19-20H,2,6-9,14-15,17H2,1H3,(H,39,40). The molecule has 1 saturated carbocycles. The first kappa shape index (κ1) is 32.7. The van der Waals surface area contributed by atoms with Crippen LogP contribution in [0.1, 0.15) is 55.7 Å². The number of benzene rings is 2. The highest BCUT2D eigenvalue weighted by Gasteiger charge is 2.73. The first-order valence-electron chi connectivity index (χ1n) is 13.7. The number of hydrogen-bond acceptors (Lipinski definition) is 4. The number of rotatable bonds is 7. The molecule has 1 amide bonds. The number of nitrogens with zero attached hydrogens (tertiary/aromatic N) is 1. The largest absolute Gasteiger partial charge is 0.481 e. The van der Waals surface area contributed by atoms with Crippen LogP contribution in [0, 0.1) is 11.8 Å². The van der Waals surface area contributed by atoms with E-state index >= 15 is 0 Å². The van der Waals surface area contributed by atoms with E-state index < -0.39 is 68.4 Å². The summed E-state index contributed by atoms with van der Waals surface area (Å²) in [6.07, 6.45) is -11.4. The number of hydrogen-bond donors (Lipinski definition) is 1. The second kappa shape index (κ2) is 11.4. The number of carbonyl (C=O) groups is 2. The maximum Gasteiger partial charge on any atom is 0.435 e. The summed E-state index contributed by atoms with van der Waals surface area (Å²) in [6.45, 7) is 1.27. The van der Waals surface area contributed by atoms with E-state index in [2.05, 4.69) is 0 Å². The minimum absolute atomic E-state index is 0.0791. The Morgan fingerprint density at radius 3 is 1.98 bits per heavy atom. The molecular formula is C29H30F7NO5S. The lowest BCUT2D eigenvalue weighted by Crippen LogP contribution is -2.50. The highest BCUT2D eigenvalue weighted by atomic mass is 32.2. The Morgan fingerprint density at radius 1 is 0.907 bits per heavy atom. The van der Waals surface area contributed by atoms with Crippen molar-refractivity contribution in [1.82, 2.24) is 4.90 Å². The van der Waals surface area contributed by atoms with Crippen LogP contribution in [0.15, 0.2) is 53.4 Å². The molecule has 0 radical (unpaired) electrons. The van der Waals surface area contributed by atoms with E-state index in [0.717, 1.165) is 12.1 Å². The van der Waals surface area contributed by atoms with Gasteiger partial charge in [-0.25, -0.2) is 12.8 Å². The van der Waals surface area contributed by atoms with Crippen molar-refractivity contribution < 1.29 is 53.8 Å². The summed E-state index contributed by atoms with van der Waals surface area (Å²) in [6, 6.07) is 7.99. The van der Waals surface area contributed by atoms with E-state index in [9.17, 15) is 53.8 Å². The molecule has 1 N–H and O–H groups in total. The lowest BCUT2D eigenvalue weighted by Gasteiger charge is -2.33. The Hall–Kier alpha value is -3.16. The number of sulfone groups is 1. The first-order valence-corrected chi connectivity index (χ1v) is 15.2. The molecule has 4 rings (SSSR count). The normalized spacial score (nSPS) is 23.8. The molecule has 1 unspecified atom stereocenters. The van der Waals surface area contributed by atoms with Crippen molar-refractivity contribution in [3.8, 4) is 0 Å². The maximum absolute atomic E-state index is 14.7. The van der Waals surface area contributed by atoms with Gasteiger partial charge in [-0.15, -0.1) is 0 Å². The van der Waals surface area contributed by atoms with Gasteiger partial charge in [-0.05, 0) is 61.8 Å². The molecule has 0 spiro atoms. The molecule has 1 aliphatic heterocycles. The number of carboxylic acids is 1.